The molecule has 34 N–H and O–H groups in total. The molecule has 0 aliphatic carbocycles. The number of carboxylic acid groups (broad SMARTS) is 1. The maximum absolute atomic E-state index is 13.6. The van der Waals surface area contributed by atoms with E-state index in [2.05, 4.69) is 31.9 Å². The highest BCUT2D eigenvalue weighted by Gasteiger charge is 2.64. The zero-order chi connectivity index (χ0) is 99.9. The van der Waals surface area contributed by atoms with Crippen molar-refractivity contribution >= 4 is 41.4 Å². The first-order chi connectivity index (χ1) is 63.7. The van der Waals surface area contributed by atoms with Crippen LogP contribution in [-0.4, -0.2) is 563 Å². The molecule has 0 bridgehead atoms. The number of carbonyl (C=O) groups excluding carboxylic acids is 6. The lowest BCUT2D eigenvalue weighted by molar-refractivity contribution is -0.405. The van der Waals surface area contributed by atoms with Crippen LogP contribution in [-0.2, 0) is 124 Å². The number of hydrogen-bond donors (Lipinski definition) is 34. The van der Waals surface area contributed by atoms with Crippen LogP contribution in [0, 0.1) is 0 Å². The normalized spacial score (nSPS) is 46.4. The SMILES string of the molecule is CC(=O)N[C@@H]1[C@@H](O)[C@H](O[C@@H]2O[C@H](CO)[C@@H](O[C@@H]3O[C@H](CO[C@H]4O[C@H](CO)[C@@H](O)[C@H](O)[C@@H]4O[C@@H]4O[C@H](CO)[C@@H](O)[C@H](O)[C@H]4NC(C)=O)[C@@H](O)[C@H](O[C@H]4O[C@H](CO)[C@@H](O[C@@H]5O[C@H](CO[C@]6(C(=O)O)C[C@H](O)[C@@H](NC(C)=O)[C@H]([C@H](O)[C@H](O)CO)O6)[C@@H](O)[C@H](O[C@@H]6O[C@H](CO)[C@H](O)[C@H](O)[C@H]6O)[C@H]5NC(C)=O)[C@H](O)[C@@H]4O[C@@H]4O[C@H](CO)[C@@H](O)[C@H](O)[C@H]4NC(C)=O)[C@@H]3O)[C@H](O)[C@H]2NC(C)=O)[C@@H](CO)O[C@H]1O. The number of ether oxygens (including phenoxy) is 19. The topological polar surface area (TPSA) is 933 Å². The van der Waals surface area contributed by atoms with Crippen molar-refractivity contribution in [1.82, 2.24) is 31.9 Å². The van der Waals surface area contributed by atoms with Gasteiger partial charge in [-0.05, 0) is 0 Å². The molecule has 60 heteroatoms. The van der Waals surface area contributed by atoms with E-state index in [0.717, 1.165) is 41.5 Å². The van der Waals surface area contributed by atoms with Gasteiger partial charge in [0, 0.05) is 48.0 Å². The summed E-state index contributed by atoms with van der Waals surface area (Å²) in [6.07, 6.45) is -100. The lowest BCUT2D eigenvalue weighted by Crippen LogP contribution is -2.72. The highest BCUT2D eigenvalue weighted by atomic mass is 16.8. The fraction of sp³-hybridized carbons (Fsp3) is 0.907. The number of aliphatic hydroxyl groups is 27. The van der Waals surface area contributed by atoms with Gasteiger partial charge in [-0.1, -0.05) is 0 Å². The molecule has 0 unspecified atom stereocenters. The molecule has 0 aromatic heterocycles. The van der Waals surface area contributed by atoms with Crippen molar-refractivity contribution in [2.75, 3.05) is 66.1 Å². The van der Waals surface area contributed by atoms with E-state index in [-0.39, 0.29) is 0 Å². The molecule has 60 nitrogen and oxygen atoms in total. The Labute approximate surface area is 764 Å². The Morgan fingerprint density at radius 2 is 0.630 bits per heavy atom. The molecule has 778 valence electrons. The van der Waals surface area contributed by atoms with Gasteiger partial charge in [-0.15, -0.1) is 0 Å². The Kier molecular flexibility index (Phi) is 40.0. The average Bonchev–Trinajstić information content (AvgIpc) is 0.752. The van der Waals surface area contributed by atoms with E-state index in [1.165, 1.54) is 0 Å². The average molecular weight is 1970 g/mol. The van der Waals surface area contributed by atoms with Crippen molar-refractivity contribution in [3.8, 4) is 0 Å². The van der Waals surface area contributed by atoms with Crippen molar-refractivity contribution in [1.29, 1.82) is 0 Å². The maximum Gasteiger partial charge on any atom is 0.364 e. The van der Waals surface area contributed by atoms with Gasteiger partial charge in [-0.25, -0.2) is 4.79 Å². The smallest absolute Gasteiger partial charge is 0.364 e. The largest absolute Gasteiger partial charge is 0.477 e. The van der Waals surface area contributed by atoms with Crippen molar-refractivity contribution < 1.29 is 267 Å². The molecule has 0 spiro atoms. The minimum Gasteiger partial charge on any atom is -0.477 e. The van der Waals surface area contributed by atoms with E-state index >= 15 is 0 Å². The minimum atomic E-state index is -3.30. The van der Waals surface area contributed by atoms with Crippen LogP contribution in [0.1, 0.15) is 48.0 Å². The second kappa shape index (κ2) is 48.5. The summed E-state index contributed by atoms with van der Waals surface area (Å²) in [5, 5.41) is 331. The van der Waals surface area contributed by atoms with Crippen molar-refractivity contribution in [2.24, 2.45) is 0 Å². The van der Waals surface area contributed by atoms with E-state index in [0.29, 0.717) is 0 Å². The van der Waals surface area contributed by atoms with Gasteiger partial charge in [-0.2, -0.15) is 0 Å². The quantitative estimate of drug-likeness (QED) is 0.0275. The first-order valence-corrected chi connectivity index (χ1v) is 42.7. The van der Waals surface area contributed by atoms with Crippen LogP contribution in [0.2, 0.25) is 0 Å². The molecule has 10 aliphatic heterocycles. The van der Waals surface area contributed by atoms with Crippen LogP contribution < -0.4 is 31.9 Å². The molecule has 0 saturated carbocycles. The summed E-state index contributed by atoms with van der Waals surface area (Å²) in [7, 11) is 0. The predicted molar refractivity (Wildman–Crippen MR) is 416 cm³/mol. The van der Waals surface area contributed by atoms with Crippen molar-refractivity contribution in [2.45, 2.75) is 360 Å². The first kappa shape index (κ1) is 111. The summed E-state index contributed by atoms with van der Waals surface area (Å²) < 4.78 is 115. The maximum atomic E-state index is 13.6. The van der Waals surface area contributed by atoms with Gasteiger partial charge in [0.1, 0.15) is 238 Å². The summed E-state index contributed by atoms with van der Waals surface area (Å²) in [6.45, 7) is -6.84. The number of aliphatic hydroxyl groups excluding tert-OH is 27. The molecule has 0 radical (unpaired) electrons. The van der Waals surface area contributed by atoms with E-state index in [9.17, 15) is 177 Å². The van der Waals surface area contributed by atoms with E-state index in [4.69, 9.17) is 90.0 Å². The molecule has 10 aliphatic rings. The molecule has 0 aromatic carbocycles. The molecule has 51 atom stereocenters. The van der Waals surface area contributed by atoms with Crippen molar-refractivity contribution in [3.05, 3.63) is 0 Å². The fourth-order valence-electron chi connectivity index (χ4n) is 17.3. The number of nitrogens with one attached hydrogen (secondary N) is 6. The number of aliphatic carboxylic acids is 1. The van der Waals surface area contributed by atoms with Gasteiger partial charge in [-0.3, -0.25) is 28.8 Å². The van der Waals surface area contributed by atoms with Crippen molar-refractivity contribution in [3.63, 3.8) is 0 Å². The van der Waals surface area contributed by atoms with Crippen LogP contribution in [0.3, 0.4) is 0 Å². The Morgan fingerprint density at radius 1 is 0.304 bits per heavy atom. The van der Waals surface area contributed by atoms with Gasteiger partial charge in [0.15, 0.2) is 56.6 Å². The third-order valence-corrected chi connectivity index (χ3v) is 24.3. The monoisotopic (exact) mass is 1970 g/mol. The number of carboxylic acids is 1. The van der Waals surface area contributed by atoms with Crippen LogP contribution in [0.25, 0.3) is 0 Å². The molecular formula is C75H124N6O54. The number of rotatable bonds is 37. The lowest BCUT2D eigenvalue weighted by Gasteiger charge is -2.52. The third-order valence-electron chi connectivity index (χ3n) is 24.3. The first-order valence-electron chi connectivity index (χ1n) is 42.7. The van der Waals surface area contributed by atoms with Gasteiger partial charge in [0.25, 0.3) is 5.79 Å². The van der Waals surface area contributed by atoms with E-state index < -0.39 is 426 Å². The van der Waals surface area contributed by atoms with Crippen LogP contribution in [0.15, 0.2) is 0 Å². The molecule has 0 aromatic rings. The van der Waals surface area contributed by atoms with Gasteiger partial charge < -0.3 is 265 Å². The lowest BCUT2D eigenvalue weighted by atomic mass is 9.88. The highest BCUT2D eigenvalue weighted by Crippen LogP contribution is 2.43. The standard InChI is InChI=1S/C75H124N6O54/c1-18(90)76-35-24(96)7-75(74(115)116,135-61(35)41(98)25(97)8-82)118-17-34-46(103)60(131-70-54(111)52(109)44(101)28(11-85)122-70)40(81-23(6)95)69(126-34)129-59-32(15-89)125-73(64(55(59)112)134-67-38(79-21(4)93)49(106)43(100)27(10-84)121-67)132-62-47(104)33(16-117-72-63(53(110)45(102)29(12-86)123-72)133-66-37(78-20(3)92)48(105)42(99)26(9-83)120-66)127-71(56(62)113)130-58-31(14-88)124-68(39(51(58)108)80-22(5)94)128-57-30(13-87)119-65(114)36(50(57)107)77-19(2)91/h24-73,82-89,96-114H,7-17H2,1-6H3,(H,76,90)(H,77,91)(H,78,92)(H,79,93)(H,80,94)(H,81,95)(H,115,116)/t24-,25+,26+,27+,28+,29+,30+,31+,32+,33+,34+,35+,36+,37+,38+,39+,40+,41+,42+,43+,44-,45+,46+,47+,48+,49+,50+,51+,52-,53-,54+,55-,56-,57+,58+,59+,60+,61+,62-,63-,64-,65+,66-,67-,68-,69-,70-,71-,72-,73+,75+/m0/s1. The number of hydrogen-bond acceptors (Lipinski definition) is 53. The predicted octanol–water partition coefficient (Wildman–Crippen LogP) is -22.7. The molecule has 10 saturated heterocycles. The minimum absolute atomic E-state index is 0.828. The Hall–Kier alpha value is -5.55. The summed E-state index contributed by atoms with van der Waals surface area (Å²) >= 11 is 0. The third kappa shape index (κ3) is 25.2. The fourth-order valence-corrected chi connectivity index (χ4v) is 17.3. The molecule has 6 amide bonds. The van der Waals surface area contributed by atoms with Crippen LogP contribution in [0.5, 0.6) is 0 Å². The Bertz CT molecular complexity index is 3820. The second-order valence-corrected chi connectivity index (χ2v) is 33.9. The molecule has 10 fully saturated rings. The second-order valence-electron chi connectivity index (χ2n) is 33.9. The zero-order valence-corrected chi connectivity index (χ0v) is 72.8. The van der Waals surface area contributed by atoms with E-state index in [1.54, 1.807) is 0 Å². The van der Waals surface area contributed by atoms with E-state index in [1.807, 2.05) is 0 Å². The molecular weight excluding hydrogens is 1850 g/mol. The zero-order valence-electron chi connectivity index (χ0n) is 72.8. The highest BCUT2D eigenvalue weighted by molar-refractivity contribution is 5.77. The summed E-state index contributed by atoms with van der Waals surface area (Å²) in [4.78, 5) is 90.8. The summed E-state index contributed by atoms with van der Waals surface area (Å²) in [6, 6.07) is -11.6. The summed E-state index contributed by atoms with van der Waals surface area (Å²) in [5.41, 5.74) is 0. The van der Waals surface area contributed by atoms with Gasteiger partial charge >= 0.3 is 5.97 Å². The molecule has 10 heterocycles. The van der Waals surface area contributed by atoms with Crippen LogP contribution in [0.4, 0.5) is 0 Å². The summed E-state index contributed by atoms with van der Waals surface area (Å²) in [5.74, 6) is -11.3. The van der Waals surface area contributed by atoms with Gasteiger partial charge in [0.2, 0.25) is 35.4 Å². The Balaban J connectivity index is 1.07. The molecule has 10 rings (SSSR count). The van der Waals surface area contributed by atoms with Gasteiger partial charge in [0.05, 0.1) is 78.2 Å². The number of carbonyl (C=O) groups is 7. The Morgan fingerprint density at radius 3 is 1.10 bits per heavy atom. The number of amides is 6. The van der Waals surface area contributed by atoms with Crippen LogP contribution >= 0.6 is 0 Å². The molecule has 135 heavy (non-hydrogen) atoms.